The highest BCUT2D eigenvalue weighted by atomic mass is 16.3. The van der Waals surface area contributed by atoms with E-state index in [1.165, 1.54) is 6.26 Å². The number of nitrogens with one attached hydrogen (secondary N) is 1. The molecule has 0 saturated carbocycles. The maximum atomic E-state index is 13.1. The molecule has 29 heavy (non-hydrogen) atoms. The number of fused-ring (bicyclic) bond motifs is 1. The van der Waals surface area contributed by atoms with Crippen LogP contribution in [-0.4, -0.2) is 20.7 Å². The predicted octanol–water partition coefficient (Wildman–Crippen LogP) is 4.58. The summed E-state index contributed by atoms with van der Waals surface area (Å²) in [4.78, 5) is 17.2. The van der Waals surface area contributed by atoms with Crippen LogP contribution in [-0.2, 0) is 12.8 Å². The Bertz CT molecular complexity index is 1190. The number of carbonyl (C=O) groups excluding carboxylic acids is 1. The number of amides is 1. The number of hydrogen-bond acceptors (Lipinski definition) is 4. The van der Waals surface area contributed by atoms with Crippen LogP contribution in [0.25, 0.3) is 17.1 Å². The summed E-state index contributed by atoms with van der Waals surface area (Å²) in [6.07, 6.45) is 5.98. The van der Waals surface area contributed by atoms with Gasteiger partial charge < -0.3 is 9.73 Å². The summed E-state index contributed by atoms with van der Waals surface area (Å²) in [7, 11) is 0. The lowest BCUT2D eigenvalue weighted by Gasteiger charge is -2.08. The van der Waals surface area contributed by atoms with Crippen molar-refractivity contribution < 1.29 is 9.21 Å². The molecule has 1 aliphatic rings. The van der Waals surface area contributed by atoms with Crippen LogP contribution in [0.4, 0.5) is 5.69 Å². The number of rotatable bonds is 4. The summed E-state index contributed by atoms with van der Waals surface area (Å²) >= 11 is 0. The highest BCUT2D eigenvalue weighted by molar-refractivity contribution is 6.04. The van der Waals surface area contributed by atoms with Gasteiger partial charge in [-0.3, -0.25) is 4.79 Å². The molecule has 5 rings (SSSR count). The zero-order valence-corrected chi connectivity index (χ0v) is 16.1. The average Bonchev–Trinajstić information content (AvgIpc) is 3.47. The fourth-order valence-electron chi connectivity index (χ4n) is 3.91. The van der Waals surface area contributed by atoms with Gasteiger partial charge in [0.2, 0.25) is 5.89 Å². The lowest BCUT2D eigenvalue weighted by molar-refractivity contribution is 0.102. The zero-order valence-electron chi connectivity index (χ0n) is 16.1. The number of aromatic nitrogens is 3. The third-order valence-electron chi connectivity index (χ3n) is 5.29. The fraction of sp³-hybridized carbons (Fsp3) is 0.174. The maximum absolute atomic E-state index is 13.1. The lowest BCUT2D eigenvalue weighted by atomic mass is 10.1. The number of benzene rings is 2. The van der Waals surface area contributed by atoms with Gasteiger partial charge in [0, 0.05) is 22.5 Å². The van der Waals surface area contributed by atoms with Crippen molar-refractivity contribution in [3.63, 3.8) is 0 Å². The van der Waals surface area contributed by atoms with E-state index in [-0.39, 0.29) is 5.91 Å². The molecule has 0 atom stereocenters. The van der Waals surface area contributed by atoms with Crippen LogP contribution in [0.3, 0.4) is 0 Å². The van der Waals surface area contributed by atoms with Crippen molar-refractivity contribution >= 4 is 11.6 Å². The topological polar surface area (TPSA) is 73.0 Å². The Kier molecular flexibility index (Phi) is 4.24. The molecule has 144 valence electrons. The van der Waals surface area contributed by atoms with E-state index < -0.39 is 0 Å². The van der Waals surface area contributed by atoms with Gasteiger partial charge in [0.15, 0.2) is 5.69 Å². The standard InChI is InChI=1S/C23H20N4O2/c1-15-6-2-3-10-19(15)27-20-11-5-9-18(20)21(26-27)22(28)25-17-8-4-7-16(14-17)23-24-12-13-29-23/h2-4,6-8,10,12-14H,5,9,11H2,1H3,(H,25,28). The van der Waals surface area contributed by atoms with Crippen LogP contribution < -0.4 is 5.32 Å². The average molecular weight is 384 g/mol. The highest BCUT2D eigenvalue weighted by Gasteiger charge is 2.27. The van der Waals surface area contributed by atoms with E-state index in [1.54, 1.807) is 6.20 Å². The molecule has 0 bridgehead atoms. The lowest BCUT2D eigenvalue weighted by Crippen LogP contribution is -2.15. The van der Waals surface area contributed by atoms with Crippen molar-refractivity contribution in [1.82, 2.24) is 14.8 Å². The number of para-hydroxylation sites is 1. The zero-order chi connectivity index (χ0) is 19.8. The van der Waals surface area contributed by atoms with Crippen LogP contribution in [0, 0.1) is 6.92 Å². The second-order valence-corrected chi connectivity index (χ2v) is 7.20. The molecule has 0 fully saturated rings. The molecule has 1 N–H and O–H groups in total. The highest BCUT2D eigenvalue weighted by Crippen LogP contribution is 2.29. The Balaban J connectivity index is 1.48. The number of nitrogens with zero attached hydrogens (tertiary/aromatic N) is 3. The van der Waals surface area contributed by atoms with Gasteiger partial charge in [0.25, 0.3) is 5.91 Å². The molecule has 4 aromatic rings. The first-order valence-corrected chi connectivity index (χ1v) is 9.69. The summed E-state index contributed by atoms with van der Waals surface area (Å²) in [5, 5.41) is 7.69. The van der Waals surface area contributed by atoms with Gasteiger partial charge in [-0.2, -0.15) is 5.10 Å². The van der Waals surface area contributed by atoms with Gasteiger partial charge in [-0.1, -0.05) is 24.3 Å². The molecule has 6 nitrogen and oxygen atoms in total. The molecular weight excluding hydrogens is 364 g/mol. The van der Waals surface area contributed by atoms with E-state index in [9.17, 15) is 4.79 Å². The van der Waals surface area contributed by atoms with Crippen molar-refractivity contribution in [3.05, 3.63) is 83.5 Å². The molecule has 0 aliphatic heterocycles. The van der Waals surface area contributed by atoms with Crippen molar-refractivity contribution in [3.8, 4) is 17.1 Å². The van der Waals surface area contributed by atoms with E-state index in [2.05, 4.69) is 23.3 Å². The van der Waals surface area contributed by atoms with E-state index in [0.29, 0.717) is 17.3 Å². The summed E-state index contributed by atoms with van der Waals surface area (Å²) in [5.41, 5.74) is 6.34. The Morgan fingerprint density at radius 3 is 2.86 bits per heavy atom. The first-order chi connectivity index (χ1) is 14.2. The first-order valence-electron chi connectivity index (χ1n) is 9.69. The largest absolute Gasteiger partial charge is 0.445 e. The Morgan fingerprint density at radius 1 is 1.14 bits per heavy atom. The Labute approximate surface area is 168 Å². The molecule has 0 spiro atoms. The number of oxazole rings is 1. The number of carbonyl (C=O) groups is 1. The Morgan fingerprint density at radius 2 is 2.03 bits per heavy atom. The van der Waals surface area contributed by atoms with Crippen LogP contribution >= 0.6 is 0 Å². The third-order valence-corrected chi connectivity index (χ3v) is 5.29. The van der Waals surface area contributed by atoms with Crippen LogP contribution in [0.15, 0.2) is 65.4 Å². The van der Waals surface area contributed by atoms with Gasteiger partial charge in [0.05, 0.1) is 11.9 Å². The van der Waals surface area contributed by atoms with Crippen molar-refractivity contribution in [2.75, 3.05) is 5.32 Å². The summed E-state index contributed by atoms with van der Waals surface area (Å²) < 4.78 is 7.29. The van der Waals surface area contributed by atoms with E-state index in [1.807, 2.05) is 47.1 Å². The molecule has 2 aromatic heterocycles. The minimum absolute atomic E-state index is 0.194. The molecule has 1 aliphatic carbocycles. The van der Waals surface area contributed by atoms with Gasteiger partial charge in [0.1, 0.15) is 6.26 Å². The second-order valence-electron chi connectivity index (χ2n) is 7.20. The second kappa shape index (κ2) is 7.05. The number of hydrogen-bond donors (Lipinski definition) is 1. The van der Waals surface area contributed by atoms with E-state index >= 15 is 0 Å². The van der Waals surface area contributed by atoms with Crippen LogP contribution in [0.5, 0.6) is 0 Å². The van der Waals surface area contributed by atoms with Crippen molar-refractivity contribution in [2.45, 2.75) is 26.2 Å². The molecular formula is C23H20N4O2. The first kappa shape index (κ1) is 17.4. The van der Waals surface area contributed by atoms with Gasteiger partial charge in [-0.25, -0.2) is 9.67 Å². The monoisotopic (exact) mass is 384 g/mol. The molecule has 0 saturated heterocycles. The van der Waals surface area contributed by atoms with Gasteiger partial charge in [-0.15, -0.1) is 0 Å². The van der Waals surface area contributed by atoms with Crippen molar-refractivity contribution in [1.29, 1.82) is 0 Å². The van der Waals surface area contributed by atoms with Gasteiger partial charge in [-0.05, 0) is 56.0 Å². The molecule has 2 aromatic carbocycles. The summed E-state index contributed by atoms with van der Waals surface area (Å²) in [6, 6.07) is 15.6. The van der Waals surface area contributed by atoms with E-state index in [4.69, 9.17) is 9.52 Å². The quantitative estimate of drug-likeness (QED) is 0.559. The third kappa shape index (κ3) is 3.12. The normalized spacial score (nSPS) is 12.7. The Hall–Kier alpha value is -3.67. The predicted molar refractivity (Wildman–Crippen MR) is 110 cm³/mol. The van der Waals surface area contributed by atoms with Crippen LogP contribution in [0.2, 0.25) is 0 Å². The molecule has 2 heterocycles. The molecule has 6 heteroatoms. The fourth-order valence-corrected chi connectivity index (χ4v) is 3.91. The SMILES string of the molecule is Cc1ccccc1-n1nc(C(=O)Nc2cccc(-c3ncco3)c2)c2c1CCC2. The number of aryl methyl sites for hydroxylation is 1. The van der Waals surface area contributed by atoms with Gasteiger partial charge >= 0.3 is 0 Å². The minimum atomic E-state index is -0.194. The smallest absolute Gasteiger partial charge is 0.276 e. The molecule has 0 radical (unpaired) electrons. The maximum Gasteiger partial charge on any atom is 0.276 e. The summed E-state index contributed by atoms with van der Waals surface area (Å²) in [6.45, 7) is 2.06. The summed E-state index contributed by atoms with van der Waals surface area (Å²) in [5.74, 6) is 0.325. The number of anilines is 1. The van der Waals surface area contributed by atoms with Crippen LogP contribution in [0.1, 0.15) is 33.7 Å². The molecule has 0 unspecified atom stereocenters. The van der Waals surface area contributed by atoms with Crippen molar-refractivity contribution in [2.24, 2.45) is 0 Å². The molecule has 1 amide bonds. The van der Waals surface area contributed by atoms with E-state index in [0.717, 1.165) is 47.3 Å². The minimum Gasteiger partial charge on any atom is -0.445 e.